The van der Waals surface area contributed by atoms with Crippen LogP contribution in [-0.2, 0) is 0 Å². The van der Waals surface area contributed by atoms with Crippen LogP contribution in [0.4, 0.5) is 0 Å². The molecular formula is C14H29N3. The minimum Gasteiger partial charge on any atom is -0.329 e. The van der Waals surface area contributed by atoms with Crippen molar-refractivity contribution in [3.8, 4) is 0 Å². The van der Waals surface area contributed by atoms with E-state index in [1.54, 1.807) is 0 Å². The van der Waals surface area contributed by atoms with E-state index in [1.165, 1.54) is 45.3 Å². The molecule has 2 fully saturated rings. The molecule has 2 aliphatic rings. The molecule has 1 saturated carbocycles. The molecule has 2 atom stereocenters. The lowest BCUT2D eigenvalue weighted by Gasteiger charge is -2.50. The number of nitrogens with zero attached hydrogens (tertiary/aromatic N) is 2. The van der Waals surface area contributed by atoms with Gasteiger partial charge in [-0.25, -0.2) is 0 Å². The fourth-order valence-corrected chi connectivity index (χ4v) is 3.62. The highest BCUT2D eigenvalue weighted by atomic mass is 15.3. The van der Waals surface area contributed by atoms with Crippen LogP contribution < -0.4 is 5.73 Å². The molecule has 0 radical (unpaired) electrons. The third kappa shape index (κ3) is 2.38. The maximum atomic E-state index is 6.16. The summed E-state index contributed by atoms with van der Waals surface area (Å²) in [5.74, 6) is 0.874. The molecule has 100 valence electrons. The zero-order valence-electron chi connectivity index (χ0n) is 11.8. The summed E-state index contributed by atoms with van der Waals surface area (Å²) in [4.78, 5) is 5.24. The topological polar surface area (TPSA) is 32.5 Å². The Morgan fingerprint density at radius 2 is 1.94 bits per heavy atom. The predicted molar refractivity (Wildman–Crippen MR) is 73.1 cm³/mol. The summed E-state index contributed by atoms with van der Waals surface area (Å²) in [6.45, 7) is 9.09. The molecule has 2 rings (SSSR count). The highest BCUT2D eigenvalue weighted by Gasteiger charge is 2.48. The summed E-state index contributed by atoms with van der Waals surface area (Å²) in [5, 5.41) is 0. The lowest BCUT2D eigenvalue weighted by Crippen LogP contribution is -2.63. The maximum absolute atomic E-state index is 6.16. The standard InChI is InChI=1S/C14H29N3/c1-4-13-10-17(9-8-16(13)3)14(5-2,11-15)12-6-7-12/h12-13H,4-11,15H2,1-3H3. The Morgan fingerprint density at radius 3 is 2.41 bits per heavy atom. The molecule has 0 aromatic carbocycles. The molecule has 0 amide bonds. The third-order valence-corrected chi connectivity index (χ3v) is 5.18. The molecule has 3 nitrogen and oxygen atoms in total. The first-order valence-corrected chi connectivity index (χ1v) is 7.33. The predicted octanol–water partition coefficient (Wildman–Crippen LogP) is 1.53. The van der Waals surface area contributed by atoms with E-state index in [4.69, 9.17) is 5.73 Å². The number of hydrogen-bond acceptors (Lipinski definition) is 3. The van der Waals surface area contributed by atoms with Gasteiger partial charge in [-0.3, -0.25) is 4.90 Å². The normalized spacial score (nSPS) is 31.4. The summed E-state index contributed by atoms with van der Waals surface area (Å²) in [7, 11) is 2.26. The number of likely N-dealkylation sites (N-methyl/N-ethyl adjacent to an activating group) is 1. The average molecular weight is 239 g/mol. The molecule has 0 aromatic heterocycles. The van der Waals surface area contributed by atoms with Crippen molar-refractivity contribution in [3.05, 3.63) is 0 Å². The Kier molecular flexibility index (Phi) is 4.11. The molecule has 1 aliphatic heterocycles. The van der Waals surface area contributed by atoms with Gasteiger partial charge in [0.15, 0.2) is 0 Å². The SMILES string of the molecule is CCC1CN(C(CC)(CN)C2CC2)CCN1C. The average Bonchev–Trinajstić information content (AvgIpc) is 3.18. The van der Waals surface area contributed by atoms with E-state index in [0.29, 0.717) is 5.54 Å². The van der Waals surface area contributed by atoms with Gasteiger partial charge in [-0.15, -0.1) is 0 Å². The van der Waals surface area contributed by atoms with E-state index in [2.05, 4.69) is 30.7 Å². The second kappa shape index (κ2) is 5.25. The van der Waals surface area contributed by atoms with Crippen molar-refractivity contribution >= 4 is 0 Å². The van der Waals surface area contributed by atoms with E-state index in [0.717, 1.165) is 18.5 Å². The molecule has 2 N–H and O–H groups in total. The first-order valence-electron chi connectivity index (χ1n) is 7.33. The Labute approximate surface area is 106 Å². The first-order chi connectivity index (χ1) is 8.17. The van der Waals surface area contributed by atoms with E-state index in [9.17, 15) is 0 Å². The third-order valence-electron chi connectivity index (χ3n) is 5.18. The number of piperazine rings is 1. The van der Waals surface area contributed by atoms with Crippen LogP contribution in [0.5, 0.6) is 0 Å². The van der Waals surface area contributed by atoms with E-state index in [1.807, 2.05) is 0 Å². The Morgan fingerprint density at radius 1 is 1.24 bits per heavy atom. The summed E-state index contributed by atoms with van der Waals surface area (Å²) in [6, 6.07) is 0.722. The van der Waals surface area contributed by atoms with E-state index >= 15 is 0 Å². The molecule has 0 bridgehead atoms. The number of nitrogens with two attached hydrogens (primary N) is 1. The van der Waals surface area contributed by atoms with Crippen LogP contribution in [0.2, 0.25) is 0 Å². The molecule has 3 heteroatoms. The van der Waals surface area contributed by atoms with Gasteiger partial charge in [0.05, 0.1) is 0 Å². The fourth-order valence-electron chi connectivity index (χ4n) is 3.62. The summed E-state index contributed by atoms with van der Waals surface area (Å²) >= 11 is 0. The summed E-state index contributed by atoms with van der Waals surface area (Å²) in [5.41, 5.74) is 6.47. The highest BCUT2D eigenvalue weighted by Crippen LogP contribution is 2.45. The van der Waals surface area contributed by atoms with Crippen LogP contribution in [0, 0.1) is 5.92 Å². The van der Waals surface area contributed by atoms with Gasteiger partial charge in [-0.05, 0) is 38.6 Å². The van der Waals surface area contributed by atoms with E-state index < -0.39 is 0 Å². The molecule has 0 aromatic rings. The number of rotatable bonds is 5. The van der Waals surface area contributed by atoms with Gasteiger partial charge in [0.2, 0.25) is 0 Å². The molecule has 1 aliphatic carbocycles. The lowest BCUT2D eigenvalue weighted by molar-refractivity contribution is -0.00239. The van der Waals surface area contributed by atoms with Crippen molar-refractivity contribution in [2.75, 3.05) is 33.2 Å². The zero-order chi connectivity index (χ0) is 12.5. The molecule has 17 heavy (non-hydrogen) atoms. The second-order valence-electron chi connectivity index (χ2n) is 5.92. The van der Waals surface area contributed by atoms with Crippen LogP contribution >= 0.6 is 0 Å². The zero-order valence-corrected chi connectivity index (χ0v) is 11.8. The summed E-state index contributed by atoms with van der Waals surface area (Å²) < 4.78 is 0. The molecule has 1 saturated heterocycles. The van der Waals surface area contributed by atoms with Crippen LogP contribution in [-0.4, -0.2) is 54.6 Å². The van der Waals surface area contributed by atoms with Crippen molar-refractivity contribution in [2.24, 2.45) is 11.7 Å². The Bertz CT molecular complexity index is 246. The maximum Gasteiger partial charge on any atom is 0.0358 e. The van der Waals surface area contributed by atoms with Crippen molar-refractivity contribution < 1.29 is 0 Å². The van der Waals surface area contributed by atoms with Crippen molar-refractivity contribution in [2.45, 2.75) is 51.1 Å². The molecular weight excluding hydrogens is 210 g/mol. The van der Waals surface area contributed by atoms with Crippen LogP contribution in [0.25, 0.3) is 0 Å². The quantitative estimate of drug-likeness (QED) is 0.790. The largest absolute Gasteiger partial charge is 0.329 e. The second-order valence-corrected chi connectivity index (χ2v) is 5.92. The summed E-state index contributed by atoms with van der Waals surface area (Å²) in [6.07, 6.45) is 5.26. The van der Waals surface area contributed by atoms with E-state index in [-0.39, 0.29) is 0 Å². The lowest BCUT2D eigenvalue weighted by atomic mass is 9.86. The Balaban J connectivity index is 2.09. The van der Waals surface area contributed by atoms with Gasteiger partial charge in [0.25, 0.3) is 0 Å². The van der Waals surface area contributed by atoms with Gasteiger partial charge in [0.1, 0.15) is 0 Å². The Hall–Kier alpha value is -0.120. The van der Waals surface area contributed by atoms with Crippen LogP contribution in [0.3, 0.4) is 0 Å². The minimum absolute atomic E-state index is 0.314. The van der Waals surface area contributed by atoms with Crippen molar-refractivity contribution in [3.63, 3.8) is 0 Å². The smallest absolute Gasteiger partial charge is 0.0358 e. The van der Waals surface area contributed by atoms with Crippen molar-refractivity contribution in [1.29, 1.82) is 0 Å². The highest BCUT2D eigenvalue weighted by molar-refractivity contribution is 5.04. The van der Waals surface area contributed by atoms with Crippen molar-refractivity contribution in [1.82, 2.24) is 9.80 Å². The van der Waals surface area contributed by atoms with Gasteiger partial charge >= 0.3 is 0 Å². The number of hydrogen-bond donors (Lipinski definition) is 1. The van der Waals surface area contributed by atoms with Crippen LogP contribution in [0.1, 0.15) is 39.5 Å². The first kappa shape index (κ1) is 13.3. The minimum atomic E-state index is 0.314. The van der Waals surface area contributed by atoms with Crippen LogP contribution in [0.15, 0.2) is 0 Å². The van der Waals surface area contributed by atoms with Gasteiger partial charge in [0, 0.05) is 37.8 Å². The van der Waals surface area contributed by atoms with Gasteiger partial charge < -0.3 is 10.6 Å². The molecule has 2 unspecified atom stereocenters. The van der Waals surface area contributed by atoms with Gasteiger partial charge in [-0.2, -0.15) is 0 Å². The monoisotopic (exact) mass is 239 g/mol. The fraction of sp³-hybridized carbons (Fsp3) is 1.00. The molecule has 1 heterocycles. The van der Waals surface area contributed by atoms with Gasteiger partial charge in [-0.1, -0.05) is 13.8 Å². The molecule has 0 spiro atoms.